The van der Waals surface area contributed by atoms with Gasteiger partial charge in [0, 0.05) is 37.8 Å². The molecule has 376 valence electrons. The van der Waals surface area contributed by atoms with E-state index >= 15 is 0 Å². The average molecular weight is 1030 g/mol. The number of hydrogen-bond donors (Lipinski definition) is 7. The molecule has 6 rings (SSSR count). The third kappa shape index (κ3) is 15.9. The first-order chi connectivity index (χ1) is 33.4. The number of benzene rings is 4. The maximum Gasteiger partial charge on any atom is 0.294 e. The first-order valence-electron chi connectivity index (χ1n) is 21.8. The Morgan fingerprint density at radius 2 is 1.21 bits per heavy atom. The highest BCUT2D eigenvalue weighted by molar-refractivity contribution is 7.71. The number of amides is 3. The highest BCUT2D eigenvalue weighted by Gasteiger charge is 2.16. The molecule has 2 aromatic heterocycles. The Hall–Kier alpha value is -7.74. The molecule has 71 heavy (non-hydrogen) atoms. The molecule has 0 aliphatic heterocycles. The van der Waals surface area contributed by atoms with E-state index in [-0.39, 0.29) is 74.0 Å². The molecule has 17 nitrogen and oxygen atoms in total. The molecule has 20 heteroatoms. The zero-order valence-electron chi connectivity index (χ0n) is 40.9. The summed E-state index contributed by atoms with van der Waals surface area (Å²) in [5.74, 6) is -0.652. The van der Waals surface area contributed by atoms with Crippen molar-refractivity contribution in [3.63, 3.8) is 0 Å². The Labute approximate surface area is 426 Å². The van der Waals surface area contributed by atoms with E-state index < -0.39 is 5.56 Å². The van der Waals surface area contributed by atoms with Crippen LogP contribution in [0.25, 0.3) is 5.69 Å². The summed E-state index contributed by atoms with van der Waals surface area (Å²) in [5.41, 5.74) is 2.67. The van der Waals surface area contributed by atoms with Gasteiger partial charge in [-0.1, -0.05) is 80.0 Å². The predicted octanol–water partition coefficient (Wildman–Crippen LogP) is 10.4. The van der Waals surface area contributed by atoms with Crippen LogP contribution in [0.15, 0.2) is 141 Å². The van der Waals surface area contributed by atoms with Gasteiger partial charge in [-0.05, 0) is 121 Å². The maximum atomic E-state index is 12.2. The number of nitrogens with one attached hydrogen (secondary N) is 3. The molecule has 6 aromatic rings. The molecule has 0 spiro atoms. The van der Waals surface area contributed by atoms with E-state index in [2.05, 4.69) is 16.0 Å². The fourth-order valence-electron chi connectivity index (χ4n) is 5.93. The molecular weight excluding hydrogens is 970 g/mol. The maximum absolute atomic E-state index is 12.2. The van der Waals surface area contributed by atoms with E-state index in [0.29, 0.717) is 50.4 Å². The van der Waals surface area contributed by atoms with Crippen LogP contribution < -0.4 is 31.9 Å². The normalized spacial score (nSPS) is 11.2. The summed E-state index contributed by atoms with van der Waals surface area (Å²) >= 11 is 16.2. The number of aliphatic hydroxyl groups excluding tert-OH is 2. The second kappa shape index (κ2) is 26.9. The van der Waals surface area contributed by atoms with Crippen molar-refractivity contribution < 1.29 is 39.6 Å². The number of hydrogen-bond acceptors (Lipinski definition) is 12. The lowest BCUT2D eigenvalue weighted by Crippen LogP contribution is -2.29. The van der Waals surface area contributed by atoms with Crippen molar-refractivity contribution in [2.24, 2.45) is 13.0 Å². The lowest BCUT2D eigenvalue weighted by atomic mass is 10.1. The largest absolute Gasteiger partial charge is 0.512 e. The van der Waals surface area contributed by atoms with Crippen LogP contribution in [0, 0.1) is 29.3 Å². The minimum atomic E-state index is -0.473. The Morgan fingerprint density at radius 3 is 1.75 bits per heavy atom. The molecule has 4 aromatic carbocycles. The van der Waals surface area contributed by atoms with Crippen LogP contribution in [0.3, 0.4) is 0 Å². The van der Waals surface area contributed by atoms with Gasteiger partial charge in [-0.25, -0.2) is 0 Å². The van der Waals surface area contributed by atoms with E-state index in [1.165, 1.54) is 29.9 Å². The number of halogens is 1. The van der Waals surface area contributed by atoms with Crippen molar-refractivity contribution >= 4 is 70.8 Å². The minimum absolute atomic E-state index is 0.000413. The fraction of sp³-hybridized carbons (Fsp3) is 0.235. The molecule has 0 unspecified atom stereocenters. The predicted molar refractivity (Wildman–Crippen MR) is 283 cm³/mol. The summed E-state index contributed by atoms with van der Waals surface area (Å²) < 4.78 is 5.67. The van der Waals surface area contributed by atoms with Crippen molar-refractivity contribution in [1.82, 2.24) is 18.4 Å². The summed E-state index contributed by atoms with van der Waals surface area (Å²) in [5, 5.41) is 46.9. The van der Waals surface area contributed by atoms with Crippen molar-refractivity contribution in [1.29, 1.82) is 0 Å². The van der Waals surface area contributed by atoms with Crippen LogP contribution in [-0.2, 0) is 28.0 Å². The third-order valence-corrected chi connectivity index (χ3v) is 11.3. The second-order valence-electron chi connectivity index (χ2n) is 15.8. The van der Waals surface area contributed by atoms with E-state index in [0.717, 1.165) is 4.73 Å². The van der Waals surface area contributed by atoms with Gasteiger partial charge in [-0.2, -0.15) is 0 Å². The molecule has 0 radical (unpaired) electrons. The lowest BCUT2D eigenvalue weighted by molar-refractivity contribution is -0.114. The lowest BCUT2D eigenvalue weighted by Gasteiger charge is -2.14. The van der Waals surface area contributed by atoms with Gasteiger partial charge in [0.1, 0.15) is 5.76 Å². The number of rotatable bonds is 10. The quantitative estimate of drug-likeness (QED) is 0.0386. The number of aromatic nitrogens is 4. The van der Waals surface area contributed by atoms with E-state index in [1.54, 1.807) is 105 Å². The zero-order valence-corrected chi connectivity index (χ0v) is 43.3. The van der Waals surface area contributed by atoms with E-state index in [4.69, 9.17) is 46.0 Å². The summed E-state index contributed by atoms with van der Waals surface area (Å²) in [6.45, 7) is 15.1. The molecule has 3 amide bonds. The summed E-state index contributed by atoms with van der Waals surface area (Å²) in [7, 11) is 1.56. The number of aromatic hydroxyl groups is 2. The van der Waals surface area contributed by atoms with Gasteiger partial charge >= 0.3 is 0 Å². The van der Waals surface area contributed by atoms with Crippen LogP contribution in [0.1, 0.15) is 59.6 Å². The molecule has 0 aliphatic rings. The van der Waals surface area contributed by atoms with Crippen LogP contribution in [0.2, 0.25) is 5.02 Å². The van der Waals surface area contributed by atoms with Crippen LogP contribution in [0.4, 0.5) is 17.1 Å². The third-order valence-electron chi connectivity index (χ3n) is 10.1. The van der Waals surface area contributed by atoms with Crippen molar-refractivity contribution in [3.8, 4) is 23.2 Å². The number of carbonyl (C=O) groups is 3. The Balaban J connectivity index is 0.000000251. The molecule has 0 fully saturated rings. The molecule has 0 atom stereocenters. The highest BCUT2D eigenvalue weighted by Crippen LogP contribution is 2.22. The van der Waals surface area contributed by atoms with E-state index in [9.17, 15) is 39.3 Å². The molecular formula is C51H58ClN7O10S2. The SMILES string of the molecule is CC(=O)Nc1cccc(NC(=O)C(C)=C(O)C(C)C)c1.CC(O)=C(C)C(=O)Nc1ccccc1Cl.CCn1c(O)c(C)c(=O)n(-c2ccccc2)c1=S.Cc1c(O)n(C)c(=S)n(Oc2ccccc2)c1=O. The summed E-state index contributed by atoms with van der Waals surface area (Å²) in [6, 6.07) is 31.8. The topological polar surface area (TPSA) is 231 Å². The van der Waals surface area contributed by atoms with Gasteiger partial charge in [0.25, 0.3) is 22.9 Å². The summed E-state index contributed by atoms with van der Waals surface area (Å²) in [6.07, 6.45) is 0. The number of aliphatic hydroxyl groups is 2. The first-order valence-corrected chi connectivity index (χ1v) is 23.0. The highest BCUT2D eigenvalue weighted by atomic mass is 35.5. The Morgan fingerprint density at radius 1 is 0.690 bits per heavy atom. The average Bonchev–Trinajstić information content (AvgIpc) is 3.34. The smallest absolute Gasteiger partial charge is 0.294 e. The van der Waals surface area contributed by atoms with Gasteiger partial charge < -0.3 is 41.2 Å². The van der Waals surface area contributed by atoms with Gasteiger partial charge in [0.05, 0.1) is 44.4 Å². The molecule has 2 heterocycles. The standard InChI is InChI=1S/C15H20N2O3.C13H14N2O2S.C12H12N2O3S.C11H12ClNO2/c1-9(2)14(19)10(3)15(20)17-13-7-5-6-12(8-13)16-11(4)18;1-3-14-11(16)9(2)12(17)15(13(14)18)10-7-5-4-6-8-10;1-8-10(15)13(2)12(18)14(11(8)16)17-9-6-4-3-5-7-9;1-7(8(2)14)11(15)13-10-6-4-3-5-9(10)12/h5-9,19H,1-4H3,(H,16,18)(H,17,20);4-8,16H,3H2,1-2H3;3-7,15H,1-2H3;3-6,14H,1-2H3,(H,13,15). The molecule has 0 saturated heterocycles. The van der Waals surface area contributed by atoms with Gasteiger partial charge in [-0.15, -0.1) is 4.73 Å². The molecule has 7 N–H and O–H groups in total. The van der Waals surface area contributed by atoms with Gasteiger partial charge in [-0.3, -0.25) is 37.7 Å². The van der Waals surface area contributed by atoms with Crippen molar-refractivity contribution in [2.75, 3.05) is 16.0 Å². The number of allylic oxidation sites excluding steroid dienone is 2. The Bertz CT molecular complexity index is 3140. The number of para-hydroxylation sites is 3. The summed E-state index contributed by atoms with van der Waals surface area (Å²) in [4.78, 5) is 64.1. The van der Waals surface area contributed by atoms with Crippen molar-refractivity contribution in [3.05, 3.63) is 178 Å². The van der Waals surface area contributed by atoms with E-state index in [1.807, 2.05) is 57.2 Å². The van der Waals surface area contributed by atoms with Crippen LogP contribution in [-0.4, -0.2) is 56.6 Å². The number of carbonyl (C=O) groups excluding carboxylic acids is 3. The first kappa shape index (κ1) is 57.6. The monoisotopic (exact) mass is 1030 g/mol. The fourth-order valence-corrected chi connectivity index (χ4v) is 6.72. The number of anilines is 3. The van der Waals surface area contributed by atoms with Gasteiger partial charge in [0.15, 0.2) is 10.5 Å². The van der Waals surface area contributed by atoms with Gasteiger partial charge in [0.2, 0.25) is 22.4 Å². The molecule has 0 aliphatic carbocycles. The molecule has 0 saturated carbocycles. The van der Waals surface area contributed by atoms with Crippen LogP contribution in [0.5, 0.6) is 17.5 Å². The number of nitrogens with zero attached hydrogens (tertiary/aromatic N) is 4. The zero-order chi connectivity index (χ0) is 53.3. The minimum Gasteiger partial charge on any atom is -0.512 e. The van der Waals surface area contributed by atoms with Crippen molar-refractivity contribution in [2.45, 2.75) is 68.9 Å². The Kier molecular flexibility index (Phi) is 21.8. The van der Waals surface area contributed by atoms with Crippen LogP contribution >= 0.6 is 36.0 Å². The molecule has 0 bridgehead atoms. The second-order valence-corrected chi connectivity index (χ2v) is 16.9.